The Bertz CT molecular complexity index is 859. The van der Waals surface area contributed by atoms with Crippen LogP contribution in [-0.4, -0.2) is 43.5 Å². The van der Waals surface area contributed by atoms with Crippen molar-refractivity contribution < 1.29 is 9.18 Å². The van der Waals surface area contributed by atoms with Crippen LogP contribution in [0.3, 0.4) is 0 Å². The van der Waals surface area contributed by atoms with Crippen molar-refractivity contribution in [2.24, 2.45) is 0 Å². The van der Waals surface area contributed by atoms with Crippen LogP contribution < -0.4 is 10.2 Å². The Morgan fingerprint density at radius 1 is 1.15 bits per heavy atom. The van der Waals surface area contributed by atoms with Crippen molar-refractivity contribution in [3.63, 3.8) is 0 Å². The number of carbonyl (C=O) groups is 1. The largest absolute Gasteiger partial charge is 0.368 e. The van der Waals surface area contributed by atoms with E-state index in [2.05, 4.69) is 26.1 Å². The number of halogens is 2. The summed E-state index contributed by atoms with van der Waals surface area (Å²) < 4.78 is 14.6. The van der Waals surface area contributed by atoms with Gasteiger partial charge in [-0.3, -0.25) is 9.69 Å². The quantitative estimate of drug-likeness (QED) is 0.786. The van der Waals surface area contributed by atoms with Gasteiger partial charge < -0.3 is 10.2 Å². The molecule has 0 bridgehead atoms. The summed E-state index contributed by atoms with van der Waals surface area (Å²) in [6.45, 7) is 3.60. The molecule has 2 aromatic carbocycles. The Balaban J connectivity index is 1.49. The van der Waals surface area contributed by atoms with Crippen molar-refractivity contribution in [2.75, 3.05) is 42.9 Å². The summed E-state index contributed by atoms with van der Waals surface area (Å²) in [5.74, 6) is -0.512. The van der Waals surface area contributed by atoms with Crippen LogP contribution in [0, 0.1) is 17.1 Å². The number of nitrogens with one attached hydrogen (secondary N) is 1. The first-order valence-electron chi connectivity index (χ1n) is 8.79. The first-order chi connectivity index (χ1) is 13.1. The molecule has 1 aliphatic rings. The van der Waals surface area contributed by atoms with E-state index in [4.69, 9.17) is 0 Å². The number of benzene rings is 2. The van der Waals surface area contributed by atoms with Gasteiger partial charge in [0.05, 0.1) is 11.4 Å². The Morgan fingerprint density at radius 3 is 2.59 bits per heavy atom. The maximum Gasteiger partial charge on any atom is 0.225 e. The highest BCUT2D eigenvalue weighted by molar-refractivity contribution is 9.10. The molecule has 0 aliphatic carbocycles. The van der Waals surface area contributed by atoms with Gasteiger partial charge in [0.25, 0.3) is 0 Å². The summed E-state index contributed by atoms with van der Waals surface area (Å²) in [4.78, 5) is 16.4. The minimum Gasteiger partial charge on any atom is -0.368 e. The van der Waals surface area contributed by atoms with Crippen molar-refractivity contribution in [1.29, 1.82) is 5.26 Å². The van der Waals surface area contributed by atoms with Crippen LogP contribution in [0.5, 0.6) is 0 Å². The summed E-state index contributed by atoms with van der Waals surface area (Å²) in [5, 5.41) is 12.1. The second-order valence-corrected chi connectivity index (χ2v) is 7.21. The maximum atomic E-state index is 13.8. The number of para-hydroxylation sites is 1. The molecule has 2 aromatic rings. The normalized spacial score (nSPS) is 14.6. The van der Waals surface area contributed by atoms with E-state index in [1.165, 1.54) is 6.07 Å². The molecule has 1 fully saturated rings. The first-order valence-corrected chi connectivity index (χ1v) is 9.58. The molecule has 140 valence electrons. The molecule has 1 N–H and O–H groups in total. The van der Waals surface area contributed by atoms with Crippen molar-refractivity contribution in [2.45, 2.75) is 6.42 Å². The summed E-state index contributed by atoms with van der Waals surface area (Å²) in [5.41, 5.74) is 1.50. The molecule has 3 rings (SSSR count). The molecule has 0 unspecified atom stereocenters. The molecule has 1 saturated heterocycles. The molecule has 0 spiro atoms. The number of carbonyl (C=O) groups excluding carboxylic acids is 1. The maximum absolute atomic E-state index is 13.8. The highest BCUT2D eigenvalue weighted by Crippen LogP contribution is 2.24. The van der Waals surface area contributed by atoms with E-state index >= 15 is 0 Å². The fourth-order valence-electron chi connectivity index (χ4n) is 3.13. The molecular weight excluding hydrogens is 411 g/mol. The van der Waals surface area contributed by atoms with Gasteiger partial charge in [0.2, 0.25) is 5.91 Å². The predicted molar refractivity (Wildman–Crippen MR) is 107 cm³/mol. The van der Waals surface area contributed by atoms with Gasteiger partial charge in [-0.15, -0.1) is 0 Å². The Labute approximate surface area is 166 Å². The van der Waals surface area contributed by atoms with Crippen LogP contribution in [0.15, 0.2) is 46.9 Å². The van der Waals surface area contributed by atoms with Crippen molar-refractivity contribution >= 4 is 33.2 Å². The fraction of sp³-hybridized carbons (Fsp3) is 0.300. The van der Waals surface area contributed by atoms with E-state index in [1.54, 1.807) is 12.1 Å². The third kappa shape index (κ3) is 4.85. The van der Waals surface area contributed by atoms with E-state index in [0.29, 0.717) is 31.7 Å². The molecular formula is C20H20BrFN4O. The second kappa shape index (κ2) is 8.98. The third-order valence-electron chi connectivity index (χ3n) is 4.62. The van der Waals surface area contributed by atoms with Gasteiger partial charge in [0.1, 0.15) is 17.4 Å². The molecule has 5 nitrogen and oxygen atoms in total. The number of piperazine rings is 1. The lowest BCUT2D eigenvalue weighted by Crippen LogP contribution is -2.47. The van der Waals surface area contributed by atoms with Crippen LogP contribution in [0.25, 0.3) is 0 Å². The van der Waals surface area contributed by atoms with Gasteiger partial charge in [0, 0.05) is 43.6 Å². The molecule has 1 aliphatic heterocycles. The zero-order valence-electron chi connectivity index (χ0n) is 14.8. The third-order valence-corrected chi connectivity index (χ3v) is 5.31. The summed E-state index contributed by atoms with van der Waals surface area (Å²) in [6.07, 6.45) is 0.407. The van der Waals surface area contributed by atoms with Crippen molar-refractivity contribution in [3.8, 4) is 6.07 Å². The number of nitriles is 1. The lowest BCUT2D eigenvalue weighted by molar-refractivity contribution is -0.116. The van der Waals surface area contributed by atoms with E-state index in [9.17, 15) is 14.4 Å². The number of hydrogen-bond acceptors (Lipinski definition) is 4. The average Bonchev–Trinajstić information content (AvgIpc) is 2.68. The molecule has 1 amide bonds. The zero-order valence-corrected chi connectivity index (χ0v) is 16.4. The van der Waals surface area contributed by atoms with Gasteiger partial charge in [-0.05, 0) is 40.2 Å². The van der Waals surface area contributed by atoms with Crippen LogP contribution in [-0.2, 0) is 4.79 Å². The fourth-order valence-corrected chi connectivity index (χ4v) is 3.52. The van der Waals surface area contributed by atoms with E-state index in [1.807, 2.05) is 35.2 Å². The van der Waals surface area contributed by atoms with E-state index in [-0.39, 0.29) is 11.5 Å². The van der Waals surface area contributed by atoms with Gasteiger partial charge in [-0.1, -0.05) is 18.2 Å². The summed E-state index contributed by atoms with van der Waals surface area (Å²) in [7, 11) is 0. The number of nitrogens with zero attached hydrogens (tertiary/aromatic N) is 3. The molecule has 7 heteroatoms. The highest BCUT2D eigenvalue weighted by atomic mass is 79.9. The zero-order chi connectivity index (χ0) is 19.2. The molecule has 0 atom stereocenters. The molecule has 27 heavy (non-hydrogen) atoms. The van der Waals surface area contributed by atoms with Crippen LogP contribution in [0.2, 0.25) is 0 Å². The van der Waals surface area contributed by atoms with Crippen LogP contribution in [0.4, 0.5) is 15.8 Å². The SMILES string of the molecule is N#Cc1c(F)cccc1N1CCN(CCC(=O)Nc2ccccc2Br)CC1. The molecule has 0 saturated carbocycles. The molecule has 1 heterocycles. The number of amides is 1. The van der Waals surface area contributed by atoms with Crippen LogP contribution >= 0.6 is 15.9 Å². The minimum absolute atomic E-state index is 0.0266. The van der Waals surface area contributed by atoms with Crippen molar-refractivity contribution in [1.82, 2.24) is 4.90 Å². The standard InChI is InChI=1S/C20H20BrFN4O/c21-16-4-1-2-6-18(16)24-20(27)8-9-25-10-12-26(13-11-25)19-7-3-5-17(22)15(19)14-23/h1-7H,8-13H2,(H,24,27). The Morgan fingerprint density at radius 2 is 1.89 bits per heavy atom. The second-order valence-electron chi connectivity index (χ2n) is 6.35. The summed E-state index contributed by atoms with van der Waals surface area (Å²) >= 11 is 3.42. The van der Waals surface area contributed by atoms with E-state index < -0.39 is 5.82 Å². The van der Waals surface area contributed by atoms with Crippen LogP contribution in [0.1, 0.15) is 12.0 Å². The number of rotatable bonds is 5. The molecule has 0 aromatic heterocycles. The minimum atomic E-state index is -0.485. The monoisotopic (exact) mass is 430 g/mol. The van der Waals surface area contributed by atoms with E-state index in [0.717, 1.165) is 23.2 Å². The Kier molecular flexibility index (Phi) is 6.43. The van der Waals surface area contributed by atoms with Gasteiger partial charge in [-0.2, -0.15) is 5.26 Å². The number of hydrogen-bond donors (Lipinski definition) is 1. The Hall–Kier alpha value is -2.43. The van der Waals surface area contributed by atoms with Gasteiger partial charge in [0.15, 0.2) is 0 Å². The van der Waals surface area contributed by atoms with Gasteiger partial charge >= 0.3 is 0 Å². The lowest BCUT2D eigenvalue weighted by Gasteiger charge is -2.36. The average molecular weight is 431 g/mol. The summed E-state index contributed by atoms with van der Waals surface area (Å²) in [6, 6.07) is 14.2. The smallest absolute Gasteiger partial charge is 0.225 e. The number of anilines is 2. The topological polar surface area (TPSA) is 59.4 Å². The lowest BCUT2D eigenvalue weighted by atomic mass is 10.1. The molecule has 0 radical (unpaired) electrons. The van der Waals surface area contributed by atoms with Crippen molar-refractivity contribution in [3.05, 3.63) is 58.3 Å². The highest BCUT2D eigenvalue weighted by Gasteiger charge is 2.21. The van der Waals surface area contributed by atoms with Gasteiger partial charge in [-0.25, -0.2) is 4.39 Å². The first kappa shape index (κ1) is 19.3. The predicted octanol–water partition coefficient (Wildman–Crippen LogP) is 3.61.